The summed E-state index contributed by atoms with van der Waals surface area (Å²) in [6.07, 6.45) is 10.5. The summed E-state index contributed by atoms with van der Waals surface area (Å²) >= 11 is 0. The number of fused-ring (bicyclic) bond motifs is 3. The van der Waals surface area contributed by atoms with Gasteiger partial charge in [0.1, 0.15) is 5.75 Å². The van der Waals surface area contributed by atoms with Crippen molar-refractivity contribution in [2.24, 2.45) is 4.99 Å². The number of hydrogen-bond donors (Lipinski definition) is 0. The lowest BCUT2D eigenvalue weighted by atomic mass is 10.1. The second-order valence-corrected chi connectivity index (χ2v) is 3.31. The van der Waals surface area contributed by atoms with Gasteiger partial charge in [0, 0.05) is 17.0 Å². The predicted molar refractivity (Wildman–Crippen MR) is 54.3 cm³/mol. The fraction of sp³-hybridized carbons (Fsp3) is 0.0833. The summed E-state index contributed by atoms with van der Waals surface area (Å²) in [6, 6.07) is 4.08. The van der Waals surface area contributed by atoms with Crippen LogP contribution in [0.25, 0.3) is 6.08 Å². The minimum absolute atomic E-state index is 0.906. The van der Waals surface area contributed by atoms with E-state index in [-0.39, 0.29) is 0 Å². The normalized spacial score (nSPS) is 16.0. The molecule has 2 heteroatoms. The van der Waals surface area contributed by atoms with Crippen molar-refractivity contribution < 1.29 is 4.74 Å². The van der Waals surface area contributed by atoms with Gasteiger partial charge < -0.3 is 4.74 Å². The van der Waals surface area contributed by atoms with Gasteiger partial charge in [-0.2, -0.15) is 0 Å². The topological polar surface area (TPSA) is 21.6 Å². The third-order valence-corrected chi connectivity index (χ3v) is 2.45. The molecule has 3 rings (SSSR count). The average molecular weight is 183 g/mol. The maximum atomic E-state index is 5.52. The third-order valence-electron chi connectivity index (χ3n) is 2.45. The van der Waals surface area contributed by atoms with E-state index in [2.05, 4.69) is 11.1 Å². The van der Waals surface area contributed by atoms with Crippen molar-refractivity contribution in [1.82, 2.24) is 0 Å². The first-order valence-corrected chi connectivity index (χ1v) is 4.63. The first-order valence-electron chi connectivity index (χ1n) is 4.63. The van der Waals surface area contributed by atoms with Gasteiger partial charge in [-0.25, -0.2) is 0 Å². The molecule has 0 saturated carbocycles. The minimum atomic E-state index is 0.906. The second-order valence-electron chi connectivity index (χ2n) is 3.31. The van der Waals surface area contributed by atoms with Gasteiger partial charge >= 0.3 is 0 Å². The van der Waals surface area contributed by atoms with Gasteiger partial charge in [-0.3, -0.25) is 4.99 Å². The highest BCUT2D eigenvalue weighted by atomic mass is 16.5. The van der Waals surface area contributed by atoms with Crippen LogP contribution >= 0.6 is 0 Å². The summed E-state index contributed by atoms with van der Waals surface area (Å²) in [5, 5.41) is 2.16. The molecule has 0 unspecified atom stereocenters. The van der Waals surface area contributed by atoms with Gasteiger partial charge in [-0.05, 0) is 30.7 Å². The molecule has 0 spiro atoms. The monoisotopic (exact) mass is 183 g/mol. The van der Waals surface area contributed by atoms with E-state index in [0.717, 1.165) is 22.7 Å². The molecule has 0 N–H and O–H groups in total. The maximum absolute atomic E-state index is 5.52. The van der Waals surface area contributed by atoms with E-state index in [9.17, 15) is 0 Å². The van der Waals surface area contributed by atoms with Crippen molar-refractivity contribution in [3.63, 3.8) is 0 Å². The Hall–Kier alpha value is -1.83. The van der Waals surface area contributed by atoms with Crippen molar-refractivity contribution in [2.75, 3.05) is 0 Å². The molecule has 14 heavy (non-hydrogen) atoms. The zero-order valence-electron chi connectivity index (χ0n) is 7.60. The molecule has 0 amide bonds. The highest BCUT2D eigenvalue weighted by Crippen LogP contribution is 2.14. The summed E-state index contributed by atoms with van der Waals surface area (Å²) in [5.74, 6) is 0.957. The lowest BCUT2D eigenvalue weighted by molar-refractivity contribution is 0.468. The fourth-order valence-electron chi connectivity index (χ4n) is 1.78. The molecule has 0 bridgehead atoms. The summed E-state index contributed by atoms with van der Waals surface area (Å²) < 4.78 is 5.52. The first kappa shape index (κ1) is 7.56. The molecular formula is C12H9NO. The molecule has 1 aromatic carbocycles. The molecule has 0 aromatic heterocycles. The summed E-state index contributed by atoms with van der Waals surface area (Å²) in [6.45, 7) is 0. The van der Waals surface area contributed by atoms with Crippen molar-refractivity contribution in [3.8, 4) is 5.75 Å². The van der Waals surface area contributed by atoms with Crippen LogP contribution in [0.2, 0.25) is 0 Å². The molecule has 0 saturated heterocycles. The Morgan fingerprint density at radius 2 is 2.29 bits per heavy atom. The van der Waals surface area contributed by atoms with Crippen LogP contribution in [0, 0.1) is 0 Å². The molecule has 2 aliphatic rings. The van der Waals surface area contributed by atoms with Crippen LogP contribution in [0.3, 0.4) is 0 Å². The van der Waals surface area contributed by atoms with Crippen LogP contribution in [0.15, 0.2) is 41.7 Å². The molecule has 0 fully saturated rings. The SMILES string of the molecule is C1=COc2c3c(ccc2=C1)=NC=CC3. The Kier molecular flexibility index (Phi) is 1.53. The van der Waals surface area contributed by atoms with Crippen molar-refractivity contribution in [2.45, 2.75) is 6.42 Å². The quantitative estimate of drug-likeness (QED) is 0.589. The number of allylic oxidation sites excluding steroid dienone is 2. The summed E-state index contributed by atoms with van der Waals surface area (Å²) in [4.78, 5) is 4.30. The highest BCUT2D eigenvalue weighted by Gasteiger charge is 2.09. The number of ether oxygens (including phenoxy) is 1. The van der Waals surface area contributed by atoms with Crippen LogP contribution in [0.1, 0.15) is 5.56 Å². The number of benzene rings is 1. The van der Waals surface area contributed by atoms with Gasteiger partial charge in [0.05, 0.1) is 11.6 Å². The zero-order chi connectivity index (χ0) is 9.38. The first-order chi connectivity index (χ1) is 6.95. The zero-order valence-corrected chi connectivity index (χ0v) is 7.60. The highest BCUT2D eigenvalue weighted by molar-refractivity contribution is 5.49. The van der Waals surface area contributed by atoms with Gasteiger partial charge in [-0.15, -0.1) is 0 Å². The van der Waals surface area contributed by atoms with Crippen molar-refractivity contribution in [3.05, 3.63) is 52.9 Å². The predicted octanol–water partition coefficient (Wildman–Crippen LogP) is 1.06. The van der Waals surface area contributed by atoms with Crippen LogP contribution in [-0.2, 0) is 6.42 Å². The second kappa shape index (κ2) is 2.84. The van der Waals surface area contributed by atoms with Crippen LogP contribution < -0.4 is 15.3 Å². The van der Waals surface area contributed by atoms with Crippen molar-refractivity contribution in [1.29, 1.82) is 0 Å². The van der Waals surface area contributed by atoms with Crippen LogP contribution in [0.4, 0.5) is 0 Å². The number of hydrogen-bond acceptors (Lipinski definition) is 2. The van der Waals surface area contributed by atoms with Gasteiger partial charge in [0.25, 0.3) is 0 Å². The average Bonchev–Trinajstić information content (AvgIpc) is 2.29. The lowest BCUT2D eigenvalue weighted by Gasteiger charge is -2.12. The Morgan fingerprint density at radius 1 is 1.29 bits per heavy atom. The molecule has 2 heterocycles. The Morgan fingerprint density at radius 3 is 3.29 bits per heavy atom. The Balaban J connectivity index is 2.39. The lowest BCUT2D eigenvalue weighted by Crippen LogP contribution is -2.20. The van der Waals surface area contributed by atoms with E-state index >= 15 is 0 Å². The minimum Gasteiger partial charge on any atom is -0.464 e. The molecule has 68 valence electrons. The van der Waals surface area contributed by atoms with Crippen LogP contribution in [0.5, 0.6) is 5.75 Å². The van der Waals surface area contributed by atoms with E-state index in [4.69, 9.17) is 4.74 Å². The maximum Gasteiger partial charge on any atom is 0.139 e. The van der Waals surface area contributed by atoms with Gasteiger partial charge in [-0.1, -0.05) is 6.08 Å². The standard InChI is InChI=1S/C12H9NO/c1-4-10-11(13-7-1)6-5-9-3-2-8-14-12(9)10/h1-3,5-8H,4H2. The number of nitrogens with zero attached hydrogens (tertiary/aromatic N) is 1. The summed E-state index contributed by atoms with van der Waals surface area (Å²) in [5.41, 5.74) is 1.19. The van der Waals surface area contributed by atoms with E-state index in [0.29, 0.717) is 0 Å². The van der Waals surface area contributed by atoms with E-state index in [1.54, 1.807) is 6.26 Å². The third kappa shape index (κ3) is 1.01. The van der Waals surface area contributed by atoms with E-state index in [1.807, 2.05) is 30.5 Å². The summed E-state index contributed by atoms with van der Waals surface area (Å²) in [7, 11) is 0. The van der Waals surface area contributed by atoms with E-state index in [1.165, 1.54) is 5.56 Å². The van der Waals surface area contributed by atoms with Crippen LogP contribution in [-0.4, -0.2) is 0 Å². The molecule has 1 aromatic rings. The largest absolute Gasteiger partial charge is 0.464 e. The Bertz CT molecular complexity index is 501. The molecule has 2 aliphatic heterocycles. The molecular weight excluding hydrogens is 174 g/mol. The fourth-order valence-corrected chi connectivity index (χ4v) is 1.78. The number of rotatable bonds is 0. The van der Waals surface area contributed by atoms with Gasteiger partial charge in [0.2, 0.25) is 0 Å². The molecule has 0 radical (unpaired) electrons. The molecule has 0 aliphatic carbocycles. The smallest absolute Gasteiger partial charge is 0.139 e. The van der Waals surface area contributed by atoms with Crippen molar-refractivity contribution >= 4 is 6.08 Å². The molecule has 0 atom stereocenters. The molecule has 2 nitrogen and oxygen atoms in total. The van der Waals surface area contributed by atoms with Gasteiger partial charge in [0.15, 0.2) is 0 Å². The Labute approximate surface area is 81.5 Å². The van der Waals surface area contributed by atoms with E-state index < -0.39 is 0 Å².